The predicted molar refractivity (Wildman–Crippen MR) is 92.6 cm³/mol. The van der Waals surface area contributed by atoms with Gasteiger partial charge < -0.3 is 20.3 Å². The van der Waals surface area contributed by atoms with E-state index in [2.05, 4.69) is 15.6 Å². The van der Waals surface area contributed by atoms with E-state index in [-0.39, 0.29) is 24.7 Å². The number of likely N-dealkylation sites (N-methyl/N-ethyl adjacent to an activating group) is 1. The Morgan fingerprint density at radius 3 is 2.96 bits per heavy atom. The number of nitrogens with one attached hydrogen (secondary N) is 2. The molecule has 0 saturated carbocycles. The number of likely N-dealkylation sites (tertiary alicyclic amines) is 1. The lowest BCUT2D eigenvalue weighted by Crippen LogP contribution is -2.39. The van der Waals surface area contributed by atoms with Crippen LogP contribution in [0.4, 0.5) is 10.5 Å². The molecule has 24 heavy (non-hydrogen) atoms. The zero-order chi connectivity index (χ0) is 17.1. The molecule has 1 fully saturated rings. The highest BCUT2D eigenvalue weighted by molar-refractivity contribution is 6.32. The quantitative estimate of drug-likeness (QED) is 0.784. The highest BCUT2D eigenvalue weighted by Crippen LogP contribution is 2.24. The normalized spacial score (nSPS) is 21.0. The van der Waals surface area contributed by atoms with E-state index in [1.165, 1.54) is 0 Å². The summed E-state index contributed by atoms with van der Waals surface area (Å²) in [6.45, 7) is 0.820. The molecule has 8 heteroatoms. The van der Waals surface area contributed by atoms with Crippen molar-refractivity contribution >= 4 is 23.3 Å². The lowest BCUT2D eigenvalue weighted by atomic mass is 10.2. The van der Waals surface area contributed by atoms with Gasteiger partial charge in [-0.15, -0.1) is 0 Å². The van der Waals surface area contributed by atoms with Crippen LogP contribution in [0.3, 0.4) is 0 Å². The van der Waals surface area contributed by atoms with E-state index in [0.29, 0.717) is 10.7 Å². The Morgan fingerprint density at radius 2 is 2.33 bits per heavy atom. The number of hydrogen-bond donors (Lipinski definition) is 3. The minimum Gasteiger partial charge on any atom is -0.395 e. The third-order valence-corrected chi connectivity index (χ3v) is 4.53. The standard InChI is InChI=1S/C16H20ClN5O2/c1-21-8-12(6-13(21)9-23)20-16(24)19-11-2-3-15(14(17)7-11)22-5-4-18-10-22/h2-5,7,10,12-13,23H,6,8-9H2,1H3,(H2,19,20,24)/t12-,13+/m1/s1. The molecule has 0 bridgehead atoms. The molecule has 1 saturated heterocycles. The van der Waals surface area contributed by atoms with E-state index in [0.717, 1.165) is 18.7 Å². The molecule has 128 valence electrons. The number of nitrogens with zero attached hydrogens (tertiary/aromatic N) is 3. The van der Waals surface area contributed by atoms with E-state index in [1.54, 1.807) is 35.4 Å². The van der Waals surface area contributed by atoms with Gasteiger partial charge in [0.05, 0.1) is 23.6 Å². The van der Waals surface area contributed by atoms with Crippen molar-refractivity contribution in [2.75, 3.05) is 25.5 Å². The first-order valence-corrected chi connectivity index (χ1v) is 8.11. The topological polar surface area (TPSA) is 82.4 Å². The maximum absolute atomic E-state index is 12.1. The van der Waals surface area contributed by atoms with Crippen molar-refractivity contribution in [3.63, 3.8) is 0 Å². The number of anilines is 1. The van der Waals surface area contributed by atoms with Crippen LogP contribution in [0.15, 0.2) is 36.9 Å². The molecule has 0 spiro atoms. The Kier molecular flexibility index (Phi) is 5.03. The average molecular weight is 350 g/mol. The number of halogens is 1. The number of carbonyl (C=O) groups excluding carboxylic acids is 1. The van der Waals surface area contributed by atoms with Gasteiger partial charge in [0.2, 0.25) is 0 Å². The lowest BCUT2D eigenvalue weighted by Gasteiger charge is -2.15. The van der Waals surface area contributed by atoms with Gasteiger partial charge in [-0.3, -0.25) is 4.90 Å². The fourth-order valence-corrected chi connectivity index (χ4v) is 3.22. The van der Waals surface area contributed by atoms with Gasteiger partial charge in [-0.25, -0.2) is 9.78 Å². The van der Waals surface area contributed by atoms with Crippen molar-refractivity contribution in [2.45, 2.75) is 18.5 Å². The van der Waals surface area contributed by atoms with Crippen molar-refractivity contribution < 1.29 is 9.90 Å². The summed E-state index contributed by atoms with van der Waals surface area (Å²) in [6.07, 6.45) is 5.87. The molecule has 0 radical (unpaired) electrons. The van der Waals surface area contributed by atoms with Gasteiger partial charge in [-0.05, 0) is 31.7 Å². The second-order valence-corrected chi connectivity index (χ2v) is 6.35. The minimum atomic E-state index is -0.279. The molecule has 3 rings (SSSR count). The van der Waals surface area contributed by atoms with Gasteiger partial charge in [-0.2, -0.15) is 0 Å². The average Bonchev–Trinajstić information content (AvgIpc) is 3.17. The molecule has 0 unspecified atom stereocenters. The first-order chi connectivity index (χ1) is 11.6. The largest absolute Gasteiger partial charge is 0.395 e. The number of benzene rings is 1. The summed E-state index contributed by atoms with van der Waals surface area (Å²) in [7, 11) is 1.94. The van der Waals surface area contributed by atoms with Gasteiger partial charge in [0.1, 0.15) is 0 Å². The Balaban J connectivity index is 1.60. The van der Waals surface area contributed by atoms with E-state index >= 15 is 0 Å². The minimum absolute atomic E-state index is 0.0212. The van der Waals surface area contributed by atoms with Crippen LogP contribution in [-0.4, -0.2) is 57.9 Å². The number of aliphatic hydroxyl groups excluding tert-OH is 1. The van der Waals surface area contributed by atoms with Crippen molar-refractivity contribution in [3.05, 3.63) is 41.9 Å². The molecule has 2 amide bonds. The molecule has 1 aromatic heterocycles. The Bertz CT molecular complexity index is 706. The van der Waals surface area contributed by atoms with Crippen LogP contribution in [0.5, 0.6) is 0 Å². The third kappa shape index (κ3) is 3.69. The van der Waals surface area contributed by atoms with Crippen molar-refractivity contribution in [1.82, 2.24) is 19.8 Å². The summed E-state index contributed by atoms with van der Waals surface area (Å²) in [5, 5.41) is 15.5. The summed E-state index contributed by atoms with van der Waals surface area (Å²) in [4.78, 5) is 18.2. The van der Waals surface area contributed by atoms with E-state index < -0.39 is 0 Å². The first-order valence-electron chi connectivity index (χ1n) is 7.73. The van der Waals surface area contributed by atoms with Crippen LogP contribution in [0.2, 0.25) is 5.02 Å². The lowest BCUT2D eigenvalue weighted by molar-refractivity contribution is 0.182. The van der Waals surface area contributed by atoms with Gasteiger partial charge in [0.25, 0.3) is 0 Å². The number of urea groups is 1. The van der Waals surface area contributed by atoms with Crippen LogP contribution in [-0.2, 0) is 0 Å². The first kappa shape index (κ1) is 16.8. The smallest absolute Gasteiger partial charge is 0.319 e. The van der Waals surface area contributed by atoms with Crippen molar-refractivity contribution in [3.8, 4) is 5.69 Å². The molecule has 2 heterocycles. The molecule has 1 aliphatic rings. The number of imidazole rings is 1. The van der Waals surface area contributed by atoms with Crippen molar-refractivity contribution in [1.29, 1.82) is 0 Å². The second-order valence-electron chi connectivity index (χ2n) is 5.94. The van der Waals surface area contributed by atoms with Crippen LogP contribution in [0.1, 0.15) is 6.42 Å². The summed E-state index contributed by atoms with van der Waals surface area (Å²) in [5.74, 6) is 0. The molecule has 7 nitrogen and oxygen atoms in total. The van der Waals surface area contributed by atoms with E-state index in [9.17, 15) is 9.90 Å². The Labute approximate surface area is 145 Å². The number of amides is 2. The molecular weight excluding hydrogens is 330 g/mol. The summed E-state index contributed by atoms with van der Waals surface area (Å²) >= 11 is 6.28. The van der Waals surface area contributed by atoms with Crippen LogP contribution in [0, 0.1) is 0 Å². The fourth-order valence-electron chi connectivity index (χ4n) is 2.95. The van der Waals surface area contributed by atoms with E-state index in [4.69, 9.17) is 11.6 Å². The van der Waals surface area contributed by atoms with Crippen LogP contribution >= 0.6 is 11.6 Å². The molecule has 0 aliphatic carbocycles. The second kappa shape index (κ2) is 7.21. The highest BCUT2D eigenvalue weighted by atomic mass is 35.5. The molecular formula is C16H20ClN5O2. The SMILES string of the molecule is CN1C[C@H](NC(=O)Nc2ccc(-n3ccnc3)c(Cl)c2)C[C@H]1CO. The Morgan fingerprint density at radius 1 is 1.50 bits per heavy atom. The highest BCUT2D eigenvalue weighted by Gasteiger charge is 2.29. The molecule has 1 aliphatic heterocycles. The summed E-state index contributed by atoms with van der Waals surface area (Å²) < 4.78 is 1.80. The number of rotatable bonds is 4. The summed E-state index contributed by atoms with van der Waals surface area (Å²) in [6, 6.07) is 5.15. The molecule has 2 atom stereocenters. The number of aliphatic hydroxyl groups is 1. The van der Waals surface area contributed by atoms with Crippen molar-refractivity contribution in [2.24, 2.45) is 0 Å². The number of hydrogen-bond acceptors (Lipinski definition) is 4. The summed E-state index contributed by atoms with van der Waals surface area (Å²) in [5.41, 5.74) is 1.41. The monoisotopic (exact) mass is 349 g/mol. The van der Waals surface area contributed by atoms with Crippen LogP contribution in [0.25, 0.3) is 5.69 Å². The zero-order valence-electron chi connectivity index (χ0n) is 13.3. The van der Waals surface area contributed by atoms with Gasteiger partial charge in [-0.1, -0.05) is 11.6 Å². The zero-order valence-corrected chi connectivity index (χ0v) is 14.1. The number of carbonyl (C=O) groups is 1. The number of aromatic nitrogens is 2. The Hall–Kier alpha value is -2.09. The maximum atomic E-state index is 12.1. The van der Waals surface area contributed by atoms with Gasteiger partial charge in [0, 0.05) is 36.7 Å². The van der Waals surface area contributed by atoms with E-state index in [1.807, 2.05) is 18.0 Å². The van der Waals surface area contributed by atoms with Gasteiger partial charge >= 0.3 is 6.03 Å². The molecule has 2 aromatic rings. The fraction of sp³-hybridized carbons (Fsp3) is 0.375. The maximum Gasteiger partial charge on any atom is 0.319 e. The van der Waals surface area contributed by atoms with Gasteiger partial charge in [0.15, 0.2) is 0 Å². The molecule has 1 aromatic carbocycles. The third-order valence-electron chi connectivity index (χ3n) is 4.22. The molecule has 3 N–H and O–H groups in total. The predicted octanol–water partition coefficient (Wildman–Crippen LogP) is 1.71. The van der Waals surface area contributed by atoms with Crippen LogP contribution < -0.4 is 10.6 Å².